The summed E-state index contributed by atoms with van der Waals surface area (Å²) in [6.07, 6.45) is 0.688. The Kier molecular flexibility index (Phi) is 5.21. The Balaban J connectivity index is 2.07. The number of hydrogen-bond donors (Lipinski definition) is 1. The summed E-state index contributed by atoms with van der Waals surface area (Å²) in [5, 5.41) is 10.2. The van der Waals surface area contributed by atoms with Crippen molar-refractivity contribution in [3.05, 3.63) is 56.8 Å². The number of hydrogen-bond acceptors (Lipinski definition) is 4. The highest BCUT2D eigenvalue weighted by Gasteiger charge is 2.12. The quantitative estimate of drug-likeness (QED) is 0.919. The Morgan fingerprint density at radius 1 is 1.13 bits per heavy atom. The van der Waals surface area contributed by atoms with Gasteiger partial charge in [0.1, 0.15) is 18.5 Å². The first-order valence-corrected chi connectivity index (χ1v) is 7.71. The van der Waals surface area contributed by atoms with E-state index in [0.717, 1.165) is 22.4 Å². The van der Waals surface area contributed by atoms with Gasteiger partial charge in [0.15, 0.2) is 0 Å². The van der Waals surface area contributed by atoms with E-state index in [1.807, 2.05) is 32.9 Å². The van der Waals surface area contributed by atoms with Crippen LogP contribution in [0.4, 0.5) is 0 Å². The second-order valence-electron chi connectivity index (χ2n) is 6.03. The molecule has 124 valence electrons. The fourth-order valence-electron chi connectivity index (χ4n) is 2.41. The lowest BCUT2D eigenvalue weighted by molar-refractivity contribution is 0.0905. The van der Waals surface area contributed by atoms with Crippen molar-refractivity contribution in [1.82, 2.24) is 9.55 Å². The van der Waals surface area contributed by atoms with E-state index in [1.54, 1.807) is 13.8 Å². The van der Waals surface area contributed by atoms with Crippen molar-refractivity contribution in [3.8, 4) is 5.75 Å². The number of aryl methyl sites for hydroxylation is 3. The first kappa shape index (κ1) is 17.2. The van der Waals surface area contributed by atoms with E-state index in [9.17, 15) is 9.90 Å². The number of ether oxygens (including phenoxy) is 1. The number of aliphatic hydroxyl groups is 1. The van der Waals surface area contributed by atoms with E-state index in [2.05, 4.69) is 4.98 Å². The van der Waals surface area contributed by atoms with E-state index < -0.39 is 6.10 Å². The second-order valence-corrected chi connectivity index (χ2v) is 6.03. The number of rotatable bonds is 5. The molecule has 1 heterocycles. The lowest BCUT2D eigenvalue weighted by atomic mass is 10.1. The van der Waals surface area contributed by atoms with Crippen molar-refractivity contribution in [2.24, 2.45) is 0 Å². The van der Waals surface area contributed by atoms with Crippen LogP contribution in [0.2, 0.25) is 0 Å². The summed E-state index contributed by atoms with van der Waals surface area (Å²) in [7, 11) is 0. The zero-order valence-corrected chi connectivity index (χ0v) is 14.4. The fraction of sp³-hybridized carbons (Fsp3) is 0.444. The van der Waals surface area contributed by atoms with Gasteiger partial charge in [-0.1, -0.05) is 12.1 Å². The van der Waals surface area contributed by atoms with Crippen LogP contribution < -0.4 is 10.3 Å². The van der Waals surface area contributed by atoms with Crippen LogP contribution in [0.5, 0.6) is 5.75 Å². The highest BCUT2D eigenvalue weighted by molar-refractivity contribution is 5.44. The van der Waals surface area contributed by atoms with Crippen LogP contribution in [0.15, 0.2) is 23.3 Å². The molecule has 1 unspecified atom stereocenters. The highest BCUT2D eigenvalue weighted by atomic mass is 16.5. The minimum Gasteiger partial charge on any atom is -0.490 e. The number of aromatic nitrogens is 2. The van der Waals surface area contributed by atoms with Crippen LogP contribution >= 0.6 is 0 Å². The molecule has 0 aliphatic heterocycles. The zero-order chi connectivity index (χ0) is 17.1. The maximum absolute atomic E-state index is 12.1. The van der Waals surface area contributed by atoms with Crippen molar-refractivity contribution in [2.45, 2.75) is 47.3 Å². The van der Waals surface area contributed by atoms with Gasteiger partial charge in [0.05, 0.1) is 12.9 Å². The maximum atomic E-state index is 12.1. The molecule has 0 saturated carbocycles. The molecule has 1 aromatic carbocycles. The van der Waals surface area contributed by atoms with Gasteiger partial charge in [-0.15, -0.1) is 0 Å². The Bertz CT molecular complexity index is 766. The molecule has 0 aliphatic carbocycles. The Morgan fingerprint density at radius 2 is 1.78 bits per heavy atom. The molecule has 5 heteroatoms. The van der Waals surface area contributed by atoms with Crippen molar-refractivity contribution in [3.63, 3.8) is 0 Å². The summed E-state index contributed by atoms with van der Waals surface area (Å²) in [6.45, 7) is 9.83. The fourth-order valence-corrected chi connectivity index (χ4v) is 2.41. The SMILES string of the molecule is Cc1ccc(C)c(OCC(O)Cn2cnc(C)c(C)c2=O)c1C. The van der Waals surface area contributed by atoms with E-state index >= 15 is 0 Å². The molecule has 0 amide bonds. The zero-order valence-electron chi connectivity index (χ0n) is 14.4. The third-order valence-corrected chi connectivity index (χ3v) is 4.22. The molecular formula is C18H24N2O3. The van der Waals surface area contributed by atoms with Gasteiger partial charge in [-0.2, -0.15) is 0 Å². The molecule has 0 aliphatic rings. The lowest BCUT2D eigenvalue weighted by Gasteiger charge is -2.17. The van der Waals surface area contributed by atoms with Gasteiger partial charge in [-0.05, 0) is 51.3 Å². The summed E-state index contributed by atoms with van der Waals surface area (Å²) < 4.78 is 7.21. The van der Waals surface area contributed by atoms with Gasteiger partial charge < -0.3 is 9.84 Å². The average Bonchev–Trinajstić information content (AvgIpc) is 2.52. The molecule has 1 N–H and O–H groups in total. The standard InChI is InChI=1S/C18H24N2O3/c1-11-6-7-12(2)17(13(11)3)23-9-16(21)8-20-10-19-15(5)14(4)18(20)22/h6-7,10,16,21H,8-9H2,1-5H3. The summed E-state index contributed by atoms with van der Waals surface area (Å²) in [5.41, 5.74) is 4.44. The second kappa shape index (κ2) is 6.96. The summed E-state index contributed by atoms with van der Waals surface area (Å²) >= 11 is 0. The third kappa shape index (κ3) is 3.79. The molecule has 0 saturated heterocycles. The van der Waals surface area contributed by atoms with E-state index in [4.69, 9.17) is 4.74 Å². The maximum Gasteiger partial charge on any atom is 0.256 e. The number of nitrogens with zero attached hydrogens (tertiary/aromatic N) is 2. The normalized spacial score (nSPS) is 12.3. The van der Waals surface area contributed by atoms with Crippen molar-refractivity contribution >= 4 is 0 Å². The van der Waals surface area contributed by atoms with Crippen molar-refractivity contribution in [1.29, 1.82) is 0 Å². The average molecular weight is 316 g/mol. The third-order valence-electron chi connectivity index (χ3n) is 4.22. The first-order chi connectivity index (χ1) is 10.8. The topological polar surface area (TPSA) is 64.3 Å². The molecule has 2 rings (SSSR count). The van der Waals surface area contributed by atoms with Crippen LogP contribution in [0, 0.1) is 34.6 Å². The highest BCUT2D eigenvalue weighted by Crippen LogP contribution is 2.25. The van der Waals surface area contributed by atoms with Gasteiger partial charge in [0.25, 0.3) is 5.56 Å². The summed E-state index contributed by atoms with van der Waals surface area (Å²) in [4.78, 5) is 16.3. The Hall–Kier alpha value is -2.14. The van der Waals surface area contributed by atoms with E-state index in [1.165, 1.54) is 10.9 Å². The van der Waals surface area contributed by atoms with Gasteiger partial charge in [-0.3, -0.25) is 9.36 Å². The number of aliphatic hydroxyl groups excluding tert-OH is 1. The van der Waals surface area contributed by atoms with Gasteiger partial charge in [0.2, 0.25) is 0 Å². The molecule has 0 fully saturated rings. The van der Waals surface area contributed by atoms with Gasteiger partial charge in [0, 0.05) is 11.3 Å². The van der Waals surface area contributed by atoms with Gasteiger partial charge >= 0.3 is 0 Å². The minimum absolute atomic E-state index is 0.125. The molecule has 0 spiro atoms. The molecule has 1 atom stereocenters. The predicted octanol–water partition coefficient (Wildman–Crippen LogP) is 2.23. The first-order valence-electron chi connectivity index (χ1n) is 7.71. The van der Waals surface area contributed by atoms with Crippen LogP contribution in [-0.4, -0.2) is 27.4 Å². The van der Waals surface area contributed by atoms with E-state index in [-0.39, 0.29) is 18.7 Å². The Morgan fingerprint density at radius 3 is 2.48 bits per heavy atom. The molecular weight excluding hydrogens is 292 g/mol. The van der Waals surface area contributed by atoms with Crippen LogP contribution in [0.1, 0.15) is 27.9 Å². The Labute approximate surface area is 136 Å². The minimum atomic E-state index is -0.782. The molecule has 0 bridgehead atoms. The monoisotopic (exact) mass is 316 g/mol. The van der Waals surface area contributed by atoms with Crippen LogP contribution in [0.25, 0.3) is 0 Å². The summed E-state index contributed by atoms with van der Waals surface area (Å²) in [6, 6.07) is 4.05. The lowest BCUT2D eigenvalue weighted by Crippen LogP contribution is -2.32. The largest absolute Gasteiger partial charge is 0.490 e. The van der Waals surface area contributed by atoms with Crippen molar-refractivity contribution < 1.29 is 9.84 Å². The van der Waals surface area contributed by atoms with Crippen molar-refractivity contribution in [2.75, 3.05) is 6.61 Å². The number of benzene rings is 1. The van der Waals surface area contributed by atoms with Crippen LogP contribution in [-0.2, 0) is 6.54 Å². The molecule has 23 heavy (non-hydrogen) atoms. The smallest absolute Gasteiger partial charge is 0.256 e. The molecule has 0 radical (unpaired) electrons. The molecule has 1 aromatic heterocycles. The van der Waals surface area contributed by atoms with Crippen LogP contribution in [0.3, 0.4) is 0 Å². The van der Waals surface area contributed by atoms with E-state index in [0.29, 0.717) is 11.3 Å². The molecule has 5 nitrogen and oxygen atoms in total. The molecule has 2 aromatic rings. The van der Waals surface area contributed by atoms with Gasteiger partial charge in [-0.25, -0.2) is 4.98 Å². The predicted molar refractivity (Wildman–Crippen MR) is 90.1 cm³/mol. The summed E-state index contributed by atoms with van der Waals surface area (Å²) in [5.74, 6) is 0.801.